The van der Waals surface area contributed by atoms with Crippen LogP contribution in [-0.4, -0.2) is 39.6 Å². The fourth-order valence-corrected chi connectivity index (χ4v) is 5.00. The van der Waals surface area contributed by atoms with Crippen LogP contribution in [0.25, 0.3) is 11.0 Å². The van der Waals surface area contributed by atoms with Crippen LogP contribution >= 0.6 is 11.8 Å². The molecule has 2 aromatic rings. The quantitative estimate of drug-likeness (QED) is 0.857. The average Bonchev–Trinajstić information content (AvgIpc) is 3.01. The van der Waals surface area contributed by atoms with Crippen LogP contribution in [0, 0.1) is 18.8 Å². The topological polar surface area (TPSA) is 49.0 Å². The molecule has 2 aliphatic rings. The van der Waals surface area contributed by atoms with Gasteiger partial charge in [-0.1, -0.05) is 37.1 Å². The van der Waals surface area contributed by atoms with E-state index < -0.39 is 0 Å². The monoisotopic (exact) mass is 343 g/mol. The summed E-state index contributed by atoms with van der Waals surface area (Å²) in [7, 11) is 0. The van der Waals surface area contributed by atoms with E-state index in [9.17, 15) is 4.79 Å². The van der Waals surface area contributed by atoms with Crippen LogP contribution in [0.5, 0.6) is 0 Å². The maximum atomic E-state index is 12.6. The van der Waals surface area contributed by atoms with Crippen LogP contribution in [0.4, 0.5) is 0 Å². The number of carbonyl (C=O) groups is 1. The first-order valence-corrected chi connectivity index (χ1v) is 10.0. The first-order chi connectivity index (χ1) is 11.7. The van der Waals surface area contributed by atoms with Gasteiger partial charge in [-0.25, -0.2) is 4.98 Å². The largest absolute Gasteiger partial charge is 0.342 e. The number of aromatic amines is 1. The molecular formula is C19H25N3OS. The number of nitrogens with zero attached hydrogens (tertiary/aromatic N) is 2. The predicted molar refractivity (Wildman–Crippen MR) is 98.2 cm³/mol. The Morgan fingerprint density at radius 1 is 1.29 bits per heavy atom. The summed E-state index contributed by atoms with van der Waals surface area (Å²) < 4.78 is 0. The highest BCUT2D eigenvalue weighted by atomic mass is 32.2. The Morgan fingerprint density at radius 3 is 3.00 bits per heavy atom. The lowest BCUT2D eigenvalue weighted by atomic mass is 9.75. The van der Waals surface area contributed by atoms with Crippen molar-refractivity contribution in [1.82, 2.24) is 14.9 Å². The Kier molecular flexibility index (Phi) is 4.53. The Morgan fingerprint density at radius 2 is 2.12 bits per heavy atom. The van der Waals surface area contributed by atoms with E-state index in [0.717, 1.165) is 41.1 Å². The second-order valence-electron chi connectivity index (χ2n) is 7.28. The molecule has 4 rings (SSSR count). The molecule has 1 amide bonds. The fraction of sp³-hybridized carbons (Fsp3) is 0.579. The van der Waals surface area contributed by atoms with Gasteiger partial charge in [0, 0.05) is 13.1 Å². The number of thioether (sulfide) groups is 1. The zero-order chi connectivity index (χ0) is 16.5. The maximum Gasteiger partial charge on any atom is 0.233 e. The molecule has 1 N–H and O–H groups in total. The average molecular weight is 343 g/mol. The van der Waals surface area contributed by atoms with Crippen molar-refractivity contribution >= 4 is 28.7 Å². The number of aryl methyl sites for hydroxylation is 1. The molecule has 1 saturated heterocycles. The molecule has 5 heteroatoms. The molecule has 1 aliphatic heterocycles. The number of fused-ring (bicyclic) bond motifs is 2. The van der Waals surface area contributed by atoms with Crippen molar-refractivity contribution in [3.63, 3.8) is 0 Å². The van der Waals surface area contributed by atoms with Gasteiger partial charge in [-0.2, -0.15) is 0 Å². The molecule has 2 heterocycles. The number of aromatic nitrogens is 2. The third-order valence-corrected chi connectivity index (χ3v) is 6.45. The maximum absolute atomic E-state index is 12.6. The second-order valence-corrected chi connectivity index (χ2v) is 8.25. The minimum absolute atomic E-state index is 0.265. The van der Waals surface area contributed by atoms with Gasteiger partial charge in [0.2, 0.25) is 5.91 Å². The fourth-order valence-electron chi connectivity index (χ4n) is 4.22. The number of hydrogen-bond donors (Lipinski definition) is 1. The summed E-state index contributed by atoms with van der Waals surface area (Å²) in [6.45, 7) is 3.99. The third-order valence-electron chi connectivity index (χ3n) is 5.59. The summed E-state index contributed by atoms with van der Waals surface area (Å²) >= 11 is 1.53. The third kappa shape index (κ3) is 3.32. The van der Waals surface area contributed by atoms with Crippen molar-refractivity contribution in [2.45, 2.75) is 44.2 Å². The molecule has 0 unspecified atom stereocenters. The van der Waals surface area contributed by atoms with Gasteiger partial charge in [0.25, 0.3) is 0 Å². The van der Waals surface area contributed by atoms with Crippen molar-refractivity contribution in [3.05, 3.63) is 23.8 Å². The van der Waals surface area contributed by atoms with E-state index in [1.54, 1.807) is 0 Å². The van der Waals surface area contributed by atoms with Crippen LogP contribution < -0.4 is 0 Å². The van der Waals surface area contributed by atoms with Gasteiger partial charge < -0.3 is 9.88 Å². The molecule has 2 fully saturated rings. The summed E-state index contributed by atoms with van der Waals surface area (Å²) in [6.07, 6.45) is 6.61. The molecule has 1 aliphatic carbocycles. The molecule has 4 nitrogen and oxygen atoms in total. The van der Waals surface area contributed by atoms with E-state index in [4.69, 9.17) is 0 Å². The minimum Gasteiger partial charge on any atom is -0.342 e. The van der Waals surface area contributed by atoms with Gasteiger partial charge >= 0.3 is 0 Å². The van der Waals surface area contributed by atoms with E-state index in [-0.39, 0.29) is 5.91 Å². The van der Waals surface area contributed by atoms with E-state index >= 15 is 0 Å². The van der Waals surface area contributed by atoms with Crippen LogP contribution in [0.3, 0.4) is 0 Å². The highest BCUT2D eigenvalue weighted by Crippen LogP contribution is 2.36. The Labute approximate surface area is 147 Å². The van der Waals surface area contributed by atoms with Gasteiger partial charge in [-0.05, 0) is 49.3 Å². The zero-order valence-corrected chi connectivity index (χ0v) is 15.1. The molecule has 0 bridgehead atoms. The Bertz CT molecular complexity index is 741. The smallest absolute Gasteiger partial charge is 0.233 e. The first-order valence-electron chi connectivity index (χ1n) is 9.06. The number of rotatable bonds is 3. The second kappa shape index (κ2) is 6.79. The number of H-pyrrole nitrogens is 1. The molecule has 24 heavy (non-hydrogen) atoms. The Hall–Kier alpha value is -1.49. The molecule has 0 radical (unpaired) electrons. The molecule has 1 aromatic heterocycles. The number of nitrogens with one attached hydrogen (secondary N) is 1. The van der Waals surface area contributed by atoms with Gasteiger partial charge in [-0.3, -0.25) is 4.79 Å². The van der Waals surface area contributed by atoms with Crippen molar-refractivity contribution in [2.24, 2.45) is 11.8 Å². The number of piperidine rings is 1. The number of imidazole rings is 1. The Balaban J connectivity index is 1.35. The molecule has 1 saturated carbocycles. The summed E-state index contributed by atoms with van der Waals surface area (Å²) in [6, 6.07) is 6.19. The predicted octanol–water partition coefficient (Wildman–Crippen LogP) is 4.00. The van der Waals surface area contributed by atoms with Gasteiger partial charge in [0.15, 0.2) is 5.16 Å². The number of hydrogen-bond acceptors (Lipinski definition) is 3. The standard InChI is InChI=1S/C19H25N3OS/c1-13-6-7-16-17(10-13)21-19(20-16)24-12-18(23)22-9-8-14-4-2-3-5-15(14)11-22/h6-7,10,14-15H,2-5,8-9,11-12H2,1H3,(H,20,21)/t14-,15+/m1/s1. The van der Waals surface area contributed by atoms with Gasteiger partial charge in [0.05, 0.1) is 16.8 Å². The van der Waals surface area contributed by atoms with Crippen LogP contribution in [0.15, 0.2) is 23.4 Å². The van der Waals surface area contributed by atoms with Gasteiger partial charge in [-0.15, -0.1) is 0 Å². The van der Waals surface area contributed by atoms with E-state index in [0.29, 0.717) is 5.75 Å². The number of benzene rings is 1. The van der Waals surface area contributed by atoms with Crippen LogP contribution in [0.1, 0.15) is 37.7 Å². The van der Waals surface area contributed by atoms with Crippen molar-refractivity contribution in [1.29, 1.82) is 0 Å². The van der Waals surface area contributed by atoms with E-state index in [1.807, 2.05) is 6.07 Å². The van der Waals surface area contributed by atoms with E-state index in [2.05, 4.69) is 33.9 Å². The molecule has 1 aromatic carbocycles. The molecule has 0 spiro atoms. The lowest BCUT2D eigenvalue weighted by Gasteiger charge is -2.41. The summed E-state index contributed by atoms with van der Waals surface area (Å²) in [5.74, 6) is 2.36. The molecule has 2 atom stereocenters. The SMILES string of the molecule is Cc1ccc2nc(SCC(=O)N3CC[C@H]4CCCC[C@H]4C3)[nH]c2c1. The van der Waals surface area contributed by atoms with Crippen LogP contribution in [0.2, 0.25) is 0 Å². The van der Waals surface area contributed by atoms with E-state index in [1.165, 1.54) is 49.4 Å². The number of amides is 1. The highest BCUT2D eigenvalue weighted by molar-refractivity contribution is 7.99. The molecular weight excluding hydrogens is 318 g/mol. The van der Waals surface area contributed by atoms with Crippen LogP contribution in [-0.2, 0) is 4.79 Å². The van der Waals surface area contributed by atoms with Crippen molar-refractivity contribution < 1.29 is 4.79 Å². The van der Waals surface area contributed by atoms with Gasteiger partial charge in [0.1, 0.15) is 0 Å². The molecule has 128 valence electrons. The summed E-state index contributed by atoms with van der Waals surface area (Å²) in [5, 5.41) is 0.844. The summed E-state index contributed by atoms with van der Waals surface area (Å²) in [4.78, 5) is 22.6. The van der Waals surface area contributed by atoms with Crippen molar-refractivity contribution in [3.8, 4) is 0 Å². The lowest BCUT2D eigenvalue weighted by Crippen LogP contribution is -2.45. The summed E-state index contributed by atoms with van der Waals surface area (Å²) in [5.41, 5.74) is 3.24. The lowest BCUT2D eigenvalue weighted by molar-refractivity contribution is -0.131. The number of likely N-dealkylation sites (tertiary alicyclic amines) is 1. The normalized spacial score (nSPS) is 24.1. The zero-order valence-electron chi connectivity index (χ0n) is 14.3. The minimum atomic E-state index is 0.265. The number of carbonyl (C=O) groups excluding carboxylic acids is 1. The van der Waals surface area contributed by atoms with Crippen molar-refractivity contribution in [2.75, 3.05) is 18.8 Å². The first kappa shape index (κ1) is 16.0. The highest BCUT2D eigenvalue weighted by Gasteiger charge is 2.32.